The van der Waals surface area contributed by atoms with Crippen LogP contribution in [0.25, 0.3) is 0 Å². The second-order valence-electron chi connectivity index (χ2n) is 15.6. The lowest BCUT2D eigenvalue weighted by Gasteiger charge is -2.30. The molecule has 3 aromatic carbocycles. The number of rotatable bonds is 19. The Morgan fingerprint density at radius 1 is 0.877 bits per heavy atom. The number of unbranched alkanes of at least 4 members (excludes halogenated alkanes) is 5. The van der Waals surface area contributed by atoms with Gasteiger partial charge < -0.3 is 20.7 Å². The molecule has 0 aromatic heterocycles. The van der Waals surface area contributed by atoms with Crippen molar-refractivity contribution in [3.05, 3.63) is 86.4 Å². The van der Waals surface area contributed by atoms with Gasteiger partial charge >= 0.3 is 0 Å². The number of benzene rings is 3. The van der Waals surface area contributed by atoms with Crippen molar-refractivity contribution in [2.45, 2.75) is 110 Å². The van der Waals surface area contributed by atoms with E-state index in [1.54, 1.807) is 24.3 Å². The molecule has 3 amide bonds. The average molecular weight is 875 g/mol. The number of nitrogens with zero attached hydrogens (tertiary/aromatic N) is 2. The van der Waals surface area contributed by atoms with Gasteiger partial charge in [0.2, 0.25) is 0 Å². The number of ether oxygens (including phenoxy) is 1. The maximum absolute atomic E-state index is 13.9. The van der Waals surface area contributed by atoms with E-state index in [0.29, 0.717) is 27.2 Å². The molecule has 0 fully saturated rings. The van der Waals surface area contributed by atoms with E-state index in [1.165, 1.54) is 17.7 Å². The lowest BCUT2D eigenvalue weighted by Crippen LogP contribution is -2.37. The van der Waals surface area contributed by atoms with Crippen LogP contribution in [-0.2, 0) is 20.4 Å². The number of anilines is 2. The summed E-state index contributed by atoms with van der Waals surface area (Å²) in [6.45, 7) is 13.7. The van der Waals surface area contributed by atoms with Crippen LogP contribution in [0.3, 0.4) is 0 Å². The van der Waals surface area contributed by atoms with Gasteiger partial charge in [-0.3, -0.25) is 14.4 Å². The number of thiocarbonyl (C=S) groups is 1. The molecule has 0 saturated carbocycles. The number of carbonyl (C=O) groups is 3. The first-order valence-corrected chi connectivity index (χ1v) is 21.5. The highest BCUT2D eigenvalue weighted by Gasteiger charge is 2.39. The Bertz CT molecular complexity index is 1950. The van der Waals surface area contributed by atoms with Crippen LogP contribution in [0, 0.1) is 5.92 Å². The maximum Gasteiger partial charge on any atom is 0.262 e. The number of carbonyl (C=O) groups excluding carboxylic acids is 3. The Labute approximate surface area is 363 Å². The molecule has 308 valence electrons. The highest BCUT2D eigenvalue weighted by Crippen LogP contribution is 2.40. The van der Waals surface area contributed by atoms with E-state index in [0.717, 1.165) is 68.5 Å². The molecule has 1 heterocycles. The number of amidine groups is 1. The number of hydrogen-bond donors (Lipinski definition) is 4. The van der Waals surface area contributed by atoms with Gasteiger partial charge in [0.15, 0.2) is 6.61 Å². The van der Waals surface area contributed by atoms with Crippen LogP contribution in [0.4, 0.5) is 11.4 Å². The van der Waals surface area contributed by atoms with Crippen molar-refractivity contribution >= 4 is 98.9 Å². The highest BCUT2D eigenvalue weighted by atomic mass is 35.5. The van der Waals surface area contributed by atoms with Crippen molar-refractivity contribution < 1.29 is 19.1 Å². The molecule has 9 nitrogen and oxygen atoms in total. The summed E-state index contributed by atoms with van der Waals surface area (Å²) in [6.07, 6.45) is 8.06. The number of amides is 3. The van der Waals surface area contributed by atoms with Crippen LogP contribution in [0.5, 0.6) is 5.75 Å². The largest absolute Gasteiger partial charge is 0.483 e. The molecule has 1 atom stereocenters. The van der Waals surface area contributed by atoms with E-state index < -0.39 is 11.8 Å². The predicted molar refractivity (Wildman–Crippen MR) is 243 cm³/mol. The van der Waals surface area contributed by atoms with Crippen LogP contribution < -0.4 is 25.7 Å². The Balaban J connectivity index is 1.44. The summed E-state index contributed by atoms with van der Waals surface area (Å²) in [5, 5.41) is 15.0. The molecule has 0 aliphatic carbocycles. The predicted octanol–water partition coefficient (Wildman–Crippen LogP) is 11.3. The second kappa shape index (κ2) is 21.1. The molecule has 0 saturated heterocycles. The topological polar surface area (TPSA) is 112 Å². The Hall–Kier alpha value is -3.35. The van der Waals surface area contributed by atoms with Crippen molar-refractivity contribution in [3.8, 4) is 5.75 Å². The summed E-state index contributed by atoms with van der Waals surface area (Å²) < 4.78 is 6.61. The van der Waals surface area contributed by atoms with Gasteiger partial charge in [0.05, 0.1) is 10.0 Å². The average Bonchev–Trinajstić information content (AvgIpc) is 3.45. The number of hydrazone groups is 1. The van der Waals surface area contributed by atoms with Crippen LogP contribution in [0.1, 0.15) is 121 Å². The first kappa shape index (κ1) is 46.3. The summed E-state index contributed by atoms with van der Waals surface area (Å²) in [6, 6.07) is 15.8. The number of nitrogens with one attached hydrogen (secondary N) is 3. The van der Waals surface area contributed by atoms with Gasteiger partial charge in [0.25, 0.3) is 17.7 Å². The lowest BCUT2D eigenvalue weighted by atomic mass is 9.76. The van der Waals surface area contributed by atoms with Crippen LogP contribution in [0.15, 0.2) is 59.7 Å². The fraction of sp³-hybridized carbons (Fsp3) is 0.465. The van der Waals surface area contributed by atoms with Crippen LogP contribution in [-0.4, -0.2) is 41.0 Å². The minimum absolute atomic E-state index is 0.00413. The van der Waals surface area contributed by atoms with Crippen LogP contribution >= 0.6 is 59.6 Å². The number of thiol groups is 1. The van der Waals surface area contributed by atoms with Crippen molar-refractivity contribution in [1.29, 1.82) is 0 Å². The zero-order valence-electron chi connectivity index (χ0n) is 33.6. The molecule has 0 radical (unpaired) electrons. The van der Waals surface area contributed by atoms with Gasteiger partial charge in [-0.1, -0.05) is 139 Å². The first-order chi connectivity index (χ1) is 27.0. The Morgan fingerprint density at radius 2 is 1.53 bits per heavy atom. The van der Waals surface area contributed by atoms with Crippen LogP contribution in [0.2, 0.25) is 15.1 Å². The van der Waals surface area contributed by atoms with Gasteiger partial charge in [0.1, 0.15) is 27.5 Å². The zero-order chi connectivity index (χ0) is 41.9. The van der Waals surface area contributed by atoms with Gasteiger partial charge in [-0.25, -0.2) is 0 Å². The summed E-state index contributed by atoms with van der Waals surface area (Å²) in [4.78, 5) is 40.7. The molecule has 1 aliphatic heterocycles. The molecular formula is C43H54Cl3N5O4S2. The molecule has 1 aliphatic rings. The molecular weight excluding hydrogens is 821 g/mol. The highest BCUT2D eigenvalue weighted by molar-refractivity contribution is 8.11. The van der Waals surface area contributed by atoms with E-state index in [2.05, 4.69) is 87.4 Å². The van der Waals surface area contributed by atoms with Crippen molar-refractivity contribution in [3.63, 3.8) is 0 Å². The fourth-order valence-corrected chi connectivity index (χ4v) is 7.59. The molecule has 14 heteroatoms. The number of halogens is 3. The van der Waals surface area contributed by atoms with E-state index in [4.69, 9.17) is 51.8 Å². The van der Waals surface area contributed by atoms with E-state index in [-0.39, 0.29) is 56.4 Å². The quantitative estimate of drug-likeness (QED) is 0.0542. The molecule has 4 rings (SSSR count). The van der Waals surface area contributed by atoms with Crippen molar-refractivity contribution in [2.24, 2.45) is 11.0 Å². The Morgan fingerprint density at radius 3 is 2.18 bits per heavy atom. The van der Waals surface area contributed by atoms with Gasteiger partial charge in [-0.05, 0) is 78.5 Å². The van der Waals surface area contributed by atoms with Crippen molar-refractivity contribution in [1.82, 2.24) is 10.6 Å². The molecule has 57 heavy (non-hydrogen) atoms. The lowest BCUT2D eigenvalue weighted by molar-refractivity contribution is -0.120. The third-order valence-electron chi connectivity index (χ3n) is 10.7. The van der Waals surface area contributed by atoms with Gasteiger partial charge in [-0.15, -0.1) is 12.6 Å². The Kier molecular flexibility index (Phi) is 17.1. The molecule has 3 N–H and O–H groups in total. The molecule has 0 spiro atoms. The molecule has 3 aromatic rings. The normalized spacial score (nSPS) is 14.4. The summed E-state index contributed by atoms with van der Waals surface area (Å²) in [5.41, 5.74) is 2.99. The standard InChI is InChI=1S/C43H54Cl3N5O4S2/c1-7-42(3,4)28-19-20-35(32(23-28)43(5,6)8-2)55-26-36(52)48-30-17-15-16-27(22-30)39(53)49-38-31(18-13-11-9-10-12-14-21-47-41(56)57)40(54)51(50-38)37-33(45)24-29(44)25-34(37)46/h15-17,19-20,22-25,31H,7-14,18,21,26H2,1-6H3,(H,48,52)(H2,47,56,57)(H,49,50,53). The minimum Gasteiger partial charge on any atom is -0.483 e. The maximum atomic E-state index is 13.9. The summed E-state index contributed by atoms with van der Waals surface area (Å²) in [7, 11) is 0. The second-order valence-corrected chi connectivity index (χ2v) is 18.0. The zero-order valence-corrected chi connectivity index (χ0v) is 37.5. The third kappa shape index (κ3) is 12.8. The van der Waals surface area contributed by atoms with Gasteiger partial charge in [-0.2, -0.15) is 10.1 Å². The van der Waals surface area contributed by atoms with E-state index in [9.17, 15) is 14.4 Å². The monoisotopic (exact) mass is 873 g/mol. The van der Waals surface area contributed by atoms with E-state index in [1.807, 2.05) is 6.07 Å². The molecule has 1 unspecified atom stereocenters. The van der Waals surface area contributed by atoms with Gasteiger partial charge in [0, 0.05) is 28.4 Å². The first-order valence-electron chi connectivity index (χ1n) is 19.5. The minimum atomic E-state index is -0.734. The number of hydrogen-bond acceptors (Lipinski definition) is 6. The third-order valence-corrected chi connectivity index (χ3v) is 11.8. The van der Waals surface area contributed by atoms with Crippen molar-refractivity contribution in [2.75, 3.05) is 23.5 Å². The summed E-state index contributed by atoms with van der Waals surface area (Å²) >= 11 is 28.1. The molecule has 0 bridgehead atoms. The smallest absolute Gasteiger partial charge is 0.262 e. The van der Waals surface area contributed by atoms with E-state index >= 15 is 0 Å². The summed E-state index contributed by atoms with van der Waals surface area (Å²) in [5.74, 6) is -1.11. The fourth-order valence-electron chi connectivity index (χ4n) is 6.40. The SMILES string of the molecule is CCC(C)(C)c1ccc(OCC(=O)Nc2cccc(C(=O)NC3=NN(c4c(Cl)cc(Cl)cc4Cl)C(=O)C3CCCCCCCCNC(=S)S)c2)c(C(C)(C)CC)c1.